The first-order chi connectivity index (χ1) is 7.39. The summed E-state index contributed by atoms with van der Waals surface area (Å²) >= 11 is 0. The Bertz CT molecular complexity index is 344. The number of rotatable bonds is 7. The molecule has 0 saturated heterocycles. The SMILES string of the molecule is CC(CCS(C)(=O)=O)(CNC1CC1)C1CC1. The molecule has 1 unspecified atom stereocenters. The van der Waals surface area contributed by atoms with E-state index in [1.807, 2.05) is 0 Å². The van der Waals surface area contributed by atoms with Crippen molar-refractivity contribution in [3.8, 4) is 0 Å². The quantitative estimate of drug-likeness (QED) is 0.741. The number of hydrogen-bond donors (Lipinski definition) is 1. The maximum Gasteiger partial charge on any atom is 0.147 e. The second-order valence-corrected chi connectivity index (χ2v) is 8.22. The number of sulfone groups is 1. The third-order valence-corrected chi connectivity index (χ3v) is 4.92. The Morgan fingerprint density at radius 1 is 1.25 bits per heavy atom. The third-order valence-electron chi connectivity index (χ3n) is 3.98. The summed E-state index contributed by atoms with van der Waals surface area (Å²) in [4.78, 5) is 0. The van der Waals surface area contributed by atoms with Crippen LogP contribution in [0.3, 0.4) is 0 Å². The van der Waals surface area contributed by atoms with E-state index < -0.39 is 9.84 Å². The van der Waals surface area contributed by atoms with Gasteiger partial charge in [0.1, 0.15) is 9.84 Å². The van der Waals surface area contributed by atoms with Gasteiger partial charge in [-0.25, -0.2) is 8.42 Å². The predicted octanol–water partition coefficient (Wildman–Crippen LogP) is 1.59. The van der Waals surface area contributed by atoms with Gasteiger partial charge in [0.25, 0.3) is 0 Å². The van der Waals surface area contributed by atoms with Crippen LogP contribution in [0.1, 0.15) is 39.0 Å². The molecule has 4 heteroatoms. The molecular weight excluding hydrogens is 222 g/mol. The van der Waals surface area contributed by atoms with E-state index in [4.69, 9.17) is 0 Å². The summed E-state index contributed by atoms with van der Waals surface area (Å²) in [5.41, 5.74) is 0.200. The molecule has 2 aliphatic rings. The van der Waals surface area contributed by atoms with Crippen LogP contribution in [0.4, 0.5) is 0 Å². The van der Waals surface area contributed by atoms with Crippen LogP contribution >= 0.6 is 0 Å². The summed E-state index contributed by atoms with van der Waals surface area (Å²) < 4.78 is 22.5. The van der Waals surface area contributed by atoms with Crippen molar-refractivity contribution in [2.75, 3.05) is 18.6 Å². The Kier molecular flexibility index (Phi) is 3.32. The summed E-state index contributed by atoms with van der Waals surface area (Å²) in [6.07, 6.45) is 7.32. The van der Waals surface area contributed by atoms with Crippen molar-refractivity contribution in [1.82, 2.24) is 5.32 Å². The molecule has 0 bridgehead atoms. The van der Waals surface area contributed by atoms with Crippen molar-refractivity contribution in [2.45, 2.75) is 45.1 Å². The average molecular weight is 245 g/mol. The largest absolute Gasteiger partial charge is 0.313 e. The zero-order valence-electron chi connectivity index (χ0n) is 10.3. The van der Waals surface area contributed by atoms with E-state index in [2.05, 4.69) is 12.2 Å². The monoisotopic (exact) mass is 245 g/mol. The molecule has 2 aliphatic carbocycles. The van der Waals surface area contributed by atoms with Gasteiger partial charge in [0.05, 0.1) is 5.75 Å². The maximum atomic E-state index is 11.3. The van der Waals surface area contributed by atoms with Gasteiger partial charge in [0.15, 0.2) is 0 Å². The van der Waals surface area contributed by atoms with Crippen LogP contribution in [-0.2, 0) is 9.84 Å². The summed E-state index contributed by atoms with van der Waals surface area (Å²) in [7, 11) is -2.81. The van der Waals surface area contributed by atoms with E-state index in [-0.39, 0.29) is 5.41 Å². The molecule has 1 atom stereocenters. The van der Waals surface area contributed by atoms with Crippen molar-refractivity contribution in [1.29, 1.82) is 0 Å². The third kappa shape index (κ3) is 3.74. The van der Waals surface area contributed by atoms with Gasteiger partial charge >= 0.3 is 0 Å². The first-order valence-corrected chi connectivity index (χ1v) is 8.36. The molecule has 0 aliphatic heterocycles. The zero-order chi connectivity index (χ0) is 11.8. The first kappa shape index (κ1) is 12.4. The molecule has 2 fully saturated rings. The Morgan fingerprint density at radius 3 is 2.31 bits per heavy atom. The highest BCUT2D eigenvalue weighted by atomic mass is 32.2. The second kappa shape index (κ2) is 4.30. The van der Waals surface area contributed by atoms with E-state index in [1.54, 1.807) is 0 Å². The summed E-state index contributed by atoms with van der Waals surface area (Å²) in [5, 5.41) is 3.56. The lowest BCUT2D eigenvalue weighted by molar-refractivity contribution is 0.247. The second-order valence-electron chi connectivity index (χ2n) is 5.96. The Hall–Kier alpha value is -0.0900. The van der Waals surface area contributed by atoms with Crippen LogP contribution in [0.25, 0.3) is 0 Å². The van der Waals surface area contributed by atoms with Gasteiger partial charge in [-0.2, -0.15) is 0 Å². The van der Waals surface area contributed by atoms with Crippen LogP contribution in [0.2, 0.25) is 0 Å². The fraction of sp³-hybridized carbons (Fsp3) is 1.00. The van der Waals surface area contributed by atoms with E-state index >= 15 is 0 Å². The van der Waals surface area contributed by atoms with Crippen LogP contribution in [0.15, 0.2) is 0 Å². The molecule has 0 spiro atoms. The minimum Gasteiger partial charge on any atom is -0.313 e. The molecule has 0 radical (unpaired) electrons. The lowest BCUT2D eigenvalue weighted by Gasteiger charge is -2.30. The Morgan fingerprint density at radius 2 is 1.88 bits per heavy atom. The highest BCUT2D eigenvalue weighted by Crippen LogP contribution is 2.47. The van der Waals surface area contributed by atoms with Crippen LogP contribution in [0.5, 0.6) is 0 Å². The highest BCUT2D eigenvalue weighted by molar-refractivity contribution is 7.90. The van der Waals surface area contributed by atoms with Crippen LogP contribution < -0.4 is 5.32 Å². The predicted molar refractivity (Wildman–Crippen MR) is 66.2 cm³/mol. The van der Waals surface area contributed by atoms with Crippen molar-refractivity contribution in [2.24, 2.45) is 11.3 Å². The van der Waals surface area contributed by atoms with Crippen LogP contribution in [-0.4, -0.2) is 33.0 Å². The standard InChI is InChI=1S/C12H23NO2S/c1-12(10-3-4-10,7-8-16(2,14)15)9-13-11-5-6-11/h10-11,13H,3-9H2,1-2H3. The van der Waals surface area contributed by atoms with E-state index in [0.717, 1.165) is 24.9 Å². The summed E-state index contributed by atoms with van der Waals surface area (Å²) in [6.45, 7) is 3.25. The molecule has 0 aromatic heterocycles. The van der Waals surface area contributed by atoms with Gasteiger partial charge in [0, 0.05) is 18.8 Å². The topological polar surface area (TPSA) is 46.2 Å². The minimum atomic E-state index is -2.81. The molecule has 1 N–H and O–H groups in total. The fourth-order valence-electron chi connectivity index (χ4n) is 2.30. The van der Waals surface area contributed by atoms with Gasteiger partial charge in [-0.1, -0.05) is 6.92 Å². The van der Waals surface area contributed by atoms with E-state index in [9.17, 15) is 8.42 Å². The molecule has 0 aromatic rings. The highest BCUT2D eigenvalue weighted by Gasteiger charge is 2.42. The van der Waals surface area contributed by atoms with Gasteiger partial charge in [0.2, 0.25) is 0 Å². The number of hydrogen-bond acceptors (Lipinski definition) is 3. The molecule has 2 rings (SSSR count). The van der Waals surface area contributed by atoms with Crippen molar-refractivity contribution in [3.63, 3.8) is 0 Å². The minimum absolute atomic E-state index is 0.200. The van der Waals surface area contributed by atoms with Gasteiger partial charge in [-0.05, 0) is 43.4 Å². The smallest absolute Gasteiger partial charge is 0.147 e. The first-order valence-electron chi connectivity index (χ1n) is 6.30. The fourth-order valence-corrected chi connectivity index (χ4v) is 3.14. The van der Waals surface area contributed by atoms with Gasteiger partial charge in [-0.3, -0.25) is 0 Å². The summed E-state index contributed by atoms with van der Waals surface area (Å²) in [5.74, 6) is 1.09. The van der Waals surface area contributed by atoms with Crippen molar-refractivity contribution < 1.29 is 8.42 Å². The summed E-state index contributed by atoms with van der Waals surface area (Å²) in [6, 6.07) is 0.719. The van der Waals surface area contributed by atoms with E-state index in [0.29, 0.717) is 5.75 Å². The lowest BCUT2D eigenvalue weighted by atomic mass is 9.82. The van der Waals surface area contributed by atoms with Gasteiger partial charge in [-0.15, -0.1) is 0 Å². The zero-order valence-corrected chi connectivity index (χ0v) is 11.1. The Labute approximate surface area is 98.9 Å². The molecule has 0 heterocycles. The molecule has 3 nitrogen and oxygen atoms in total. The maximum absolute atomic E-state index is 11.3. The van der Waals surface area contributed by atoms with Crippen molar-refractivity contribution in [3.05, 3.63) is 0 Å². The van der Waals surface area contributed by atoms with Crippen molar-refractivity contribution >= 4 is 9.84 Å². The van der Waals surface area contributed by atoms with Gasteiger partial charge < -0.3 is 5.32 Å². The Balaban J connectivity index is 1.86. The van der Waals surface area contributed by atoms with E-state index in [1.165, 1.54) is 31.9 Å². The molecule has 0 amide bonds. The molecular formula is C12H23NO2S. The average Bonchev–Trinajstić information content (AvgIpc) is 3.02. The lowest BCUT2D eigenvalue weighted by Crippen LogP contribution is -2.36. The molecule has 16 heavy (non-hydrogen) atoms. The molecule has 2 saturated carbocycles. The normalized spacial score (nSPS) is 25.4. The number of nitrogens with one attached hydrogen (secondary N) is 1. The van der Waals surface area contributed by atoms with Crippen LogP contribution in [0, 0.1) is 11.3 Å². The molecule has 0 aromatic carbocycles. The molecule has 94 valence electrons.